The minimum Gasteiger partial charge on any atom is -0.464 e. The summed E-state index contributed by atoms with van der Waals surface area (Å²) in [5, 5.41) is 7.21. The Morgan fingerprint density at radius 2 is 1.19 bits per heavy atom. The number of fused-ring (bicyclic) bond motifs is 1. The molecule has 0 saturated heterocycles. The van der Waals surface area contributed by atoms with Crippen LogP contribution >= 0.6 is 0 Å². The van der Waals surface area contributed by atoms with Crippen molar-refractivity contribution in [1.29, 1.82) is 0 Å². The lowest BCUT2D eigenvalue weighted by Crippen LogP contribution is -1.89. The van der Waals surface area contributed by atoms with Gasteiger partial charge in [0.1, 0.15) is 5.58 Å². The van der Waals surface area contributed by atoms with Crippen molar-refractivity contribution in [2.75, 3.05) is 0 Å². The molecule has 6 aromatic carbocycles. The first-order valence-electron chi connectivity index (χ1n) is 12.7. The number of furan rings is 1. The summed E-state index contributed by atoms with van der Waals surface area (Å²) in [5.41, 5.74) is 3.78. The van der Waals surface area contributed by atoms with Crippen LogP contribution in [0.2, 0.25) is 0 Å². The molecule has 7 aromatic rings. The van der Waals surface area contributed by atoms with Crippen molar-refractivity contribution < 1.29 is 11.3 Å². The second-order valence-corrected chi connectivity index (χ2v) is 7.79. The zero-order chi connectivity index (χ0) is 24.7. The molecule has 0 bridgehead atoms. The summed E-state index contributed by atoms with van der Waals surface area (Å²) in [6, 6.07) is 22.9. The molecule has 1 aromatic heterocycles. The third-order valence-electron chi connectivity index (χ3n) is 6.21. The molecule has 31 heavy (non-hydrogen) atoms. The highest BCUT2D eigenvalue weighted by atomic mass is 16.3. The van der Waals surface area contributed by atoms with Gasteiger partial charge in [0.15, 0.2) is 0 Å². The Morgan fingerprint density at radius 1 is 0.548 bits per heavy atom. The molecule has 0 atom stereocenters. The number of benzene rings is 6. The Hall–Kier alpha value is -4.10. The summed E-state index contributed by atoms with van der Waals surface area (Å²) in [5.74, 6) is 0. The molecule has 0 aliphatic carbocycles. The molecule has 1 heteroatoms. The molecule has 7 rings (SSSR count). The fourth-order valence-electron chi connectivity index (χ4n) is 4.82. The highest BCUT2D eigenvalue weighted by Gasteiger charge is 2.16. The largest absolute Gasteiger partial charge is 0.464 e. The van der Waals surface area contributed by atoms with Gasteiger partial charge in [-0.05, 0) is 55.1 Å². The van der Waals surface area contributed by atoms with E-state index in [4.69, 9.17) is 11.3 Å². The van der Waals surface area contributed by atoms with Gasteiger partial charge in [-0.3, -0.25) is 0 Å². The summed E-state index contributed by atoms with van der Waals surface area (Å²) in [4.78, 5) is 0. The van der Waals surface area contributed by atoms with E-state index in [-0.39, 0.29) is 35.8 Å². The van der Waals surface area contributed by atoms with Crippen molar-refractivity contribution >= 4 is 43.3 Å². The van der Waals surface area contributed by atoms with Gasteiger partial charge in [0.2, 0.25) is 0 Å². The zero-order valence-electron chi connectivity index (χ0n) is 21.4. The van der Waals surface area contributed by atoms with Crippen molar-refractivity contribution in [2.24, 2.45) is 0 Å². The standard InChI is InChI=1S/C30H18O/c1-2-6-19(7-3-1)22-14-10-20-13-17-26-23(27-18-31-28-9-5-4-8-24(27)28)15-11-21-12-16-25(22)29(20)30(21)26/h1-18H/i1D,2D,3D,6D,7D. The van der Waals surface area contributed by atoms with Crippen molar-refractivity contribution in [3.8, 4) is 22.3 Å². The van der Waals surface area contributed by atoms with Crippen LogP contribution in [0.25, 0.3) is 65.5 Å². The molecule has 0 saturated carbocycles. The first kappa shape index (κ1) is 12.6. The van der Waals surface area contributed by atoms with Gasteiger partial charge >= 0.3 is 0 Å². The van der Waals surface area contributed by atoms with Gasteiger partial charge < -0.3 is 4.42 Å². The van der Waals surface area contributed by atoms with Crippen LogP contribution in [0.5, 0.6) is 0 Å². The van der Waals surface area contributed by atoms with Crippen LogP contribution in [0, 0.1) is 0 Å². The van der Waals surface area contributed by atoms with Gasteiger partial charge in [-0.25, -0.2) is 0 Å². The van der Waals surface area contributed by atoms with E-state index in [1.807, 2.05) is 42.5 Å². The molecule has 0 spiro atoms. The number of para-hydroxylation sites is 1. The lowest BCUT2D eigenvalue weighted by Gasteiger charge is -2.16. The highest BCUT2D eigenvalue weighted by Crippen LogP contribution is 2.43. The van der Waals surface area contributed by atoms with Crippen LogP contribution in [0.4, 0.5) is 0 Å². The van der Waals surface area contributed by atoms with Gasteiger partial charge in [-0.1, -0.05) is 96.9 Å². The molecule has 0 fully saturated rings. The van der Waals surface area contributed by atoms with E-state index in [1.165, 1.54) is 0 Å². The topological polar surface area (TPSA) is 13.1 Å². The van der Waals surface area contributed by atoms with Crippen LogP contribution in [0.3, 0.4) is 0 Å². The summed E-state index contributed by atoms with van der Waals surface area (Å²) < 4.78 is 47.2. The van der Waals surface area contributed by atoms with E-state index < -0.39 is 0 Å². The molecule has 0 unspecified atom stereocenters. The van der Waals surface area contributed by atoms with Crippen LogP contribution in [-0.2, 0) is 0 Å². The van der Waals surface area contributed by atoms with Crippen LogP contribution in [0.1, 0.15) is 6.85 Å². The minimum absolute atomic E-state index is 0.193. The Bertz CT molecular complexity index is 1970. The monoisotopic (exact) mass is 399 g/mol. The third kappa shape index (κ3) is 2.32. The molecule has 0 radical (unpaired) electrons. The van der Waals surface area contributed by atoms with Crippen LogP contribution in [0.15, 0.2) is 114 Å². The first-order chi connectivity index (χ1) is 17.5. The number of rotatable bonds is 2. The van der Waals surface area contributed by atoms with E-state index >= 15 is 0 Å². The van der Waals surface area contributed by atoms with E-state index in [0.717, 1.165) is 54.4 Å². The molecule has 0 aliphatic heterocycles. The van der Waals surface area contributed by atoms with E-state index in [2.05, 4.69) is 30.3 Å². The Morgan fingerprint density at radius 3 is 1.97 bits per heavy atom. The van der Waals surface area contributed by atoms with Crippen molar-refractivity contribution in [3.05, 3.63) is 109 Å². The second-order valence-electron chi connectivity index (χ2n) is 7.79. The average molecular weight is 400 g/mol. The van der Waals surface area contributed by atoms with E-state index in [0.29, 0.717) is 5.56 Å². The number of hydrogen-bond donors (Lipinski definition) is 0. The Labute approximate surface area is 186 Å². The van der Waals surface area contributed by atoms with E-state index in [1.54, 1.807) is 6.26 Å². The van der Waals surface area contributed by atoms with Gasteiger partial charge in [-0.2, -0.15) is 0 Å². The minimum atomic E-state index is -0.386. The molecule has 144 valence electrons. The third-order valence-corrected chi connectivity index (χ3v) is 6.21. The number of hydrogen-bond acceptors (Lipinski definition) is 1. The summed E-state index contributed by atoms with van der Waals surface area (Å²) in [6.45, 7) is 0. The Kier molecular flexibility index (Phi) is 2.51. The van der Waals surface area contributed by atoms with E-state index in [9.17, 15) is 0 Å². The maximum Gasteiger partial charge on any atom is 0.134 e. The average Bonchev–Trinajstić information content (AvgIpc) is 3.34. The second kappa shape index (κ2) is 6.20. The molecular formula is C30H18O. The Balaban J connectivity index is 1.60. The summed E-state index contributed by atoms with van der Waals surface area (Å²) in [7, 11) is 0. The van der Waals surface area contributed by atoms with Crippen molar-refractivity contribution in [2.45, 2.75) is 0 Å². The smallest absolute Gasteiger partial charge is 0.134 e. The first-order valence-corrected chi connectivity index (χ1v) is 10.2. The summed E-state index contributed by atoms with van der Waals surface area (Å²) in [6.07, 6.45) is 1.80. The van der Waals surface area contributed by atoms with Crippen LogP contribution < -0.4 is 0 Å². The maximum absolute atomic E-state index is 8.53. The fraction of sp³-hybridized carbons (Fsp3) is 0. The molecular weight excluding hydrogens is 376 g/mol. The van der Waals surface area contributed by atoms with Gasteiger partial charge in [-0.15, -0.1) is 0 Å². The zero-order valence-corrected chi connectivity index (χ0v) is 16.4. The molecule has 1 nitrogen and oxygen atoms in total. The normalized spacial score (nSPS) is 14.1. The lowest BCUT2D eigenvalue weighted by atomic mass is 9.87. The predicted octanol–water partition coefficient (Wildman–Crippen LogP) is 8.66. The van der Waals surface area contributed by atoms with Gasteiger partial charge in [0.25, 0.3) is 0 Å². The summed E-state index contributed by atoms with van der Waals surface area (Å²) >= 11 is 0. The molecule has 0 amide bonds. The molecule has 0 aliphatic rings. The fourth-order valence-corrected chi connectivity index (χ4v) is 4.82. The molecule has 0 N–H and O–H groups in total. The SMILES string of the molecule is [2H]c1c([2H])c([2H])c(-c2ccc3ccc4c(-c5coc6ccccc56)ccc5ccc2c3c54)c([2H])c1[2H]. The highest BCUT2D eigenvalue weighted by molar-refractivity contribution is 6.28. The van der Waals surface area contributed by atoms with Gasteiger partial charge in [0, 0.05) is 10.9 Å². The maximum atomic E-state index is 8.53. The van der Waals surface area contributed by atoms with Crippen LogP contribution in [-0.4, -0.2) is 0 Å². The van der Waals surface area contributed by atoms with Crippen molar-refractivity contribution in [3.63, 3.8) is 0 Å². The van der Waals surface area contributed by atoms with Crippen molar-refractivity contribution in [1.82, 2.24) is 0 Å². The lowest BCUT2D eigenvalue weighted by molar-refractivity contribution is 0.617. The van der Waals surface area contributed by atoms with Gasteiger partial charge in [0.05, 0.1) is 13.1 Å². The quantitative estimate of drug-likeness (QED) is 0.265. The predicted molar refractivity (Wildman–Crippen MR) is 131 cm³/mol. The molecule has 1 heterocycles.